The lowest BCUT2D eigenvalue weighted by Crippen LogP contribution is -2.44. The van der Waals surface area contributed by atoms with Gasteiger partial charge in [0.25, 0.3) is 0 Å². The fourth-order valence-corrected chi connectivity index (χ4v) is 3.19. The summed E-state index contributed by atoms with van der Waals surface area (Å²) in [4.78, 5) is 0. The smallest absolute Gasteiger partial charge is 0.0105 e. The minimum absolute atomic E-state index is 0.354. The van der Waals surface area contributed by atoms with E-state index in [1.165, 1.54) is 38.6 Å². The fourth-order valence-electron chi connectivity index (χ4n) is 3.19. The molecule has 0 aromatic carbocycles. The van der Waals surface area contributed by atoms with Gasteiger partial charge in [0.2, 0.25) is 0 Å². The van der Waals surface area contributed by atoms with Crippen molar-refractivity contribution in [3.63, 3.8) is 0 Å². The first kappa shape index (κ1) is 12.4. The maximum atomic E-state index is 6.20. The highest BCUT2D eigenvalue weighted by atomic mass is 14.9. The van der Waals surface area contributed by atoms with Crippen molar-refractivity contribution in [3.05, 3.63) is 0 Å². The van der Waals surface area contributed by atoms with Crippen LogP contribution in [0.1, 0.15) is 52.9 Å². The molecule has 2 heteroatoms. The van der Waals surface area contributed by atoms with Crippen LogP contribution in [0.15, 0.2) is 0 Å². The van der Waals surface area contributed by atoms with Crippen molar-refractivity contribution >= 4 is 0 Å². The van der Waals surface area contributed by atoms with Gasteiger partial charge >= 0.3 is 0 Å². The summed E-state index contributed by atoms with van der Waals surface area (Å²) in [7, 11) is 0. The number of hydrogen-bond acceptors (Lipinski definition) is 2. The van der Waals surface area contributed by atoms with Crippen LogP contribution in [-0.4, -0.2) is 19.1 Å². The van der Waals surface area contributed by atoms with Gasteiger partial charge < -0.3 is 11.1 Å². The molecule has 16 heavy (non-hydrogen) atoms. The highest BCUT2D eigenvalue weighted by Crippen LogP contribution is 2.51. The number of nitrogens with two attached hydrogens (primary N) is 1. The first-order valence-electron chi connectivity index (χ1n) is 6.95. The molecule has 0 spiro atoms. The van der Waals surface area contributed by atoms with Crippen LogP contribution in [0.2, 0.25) is 0 Å². The van der Waals surface area contributed by atoms with Crippen molar-refractivity contribution in [2.45, 2.75) is 58.9 Å². The molecule has 0 amide bonds. The Morgan fingerprint density at radius 1 is 1.25 bits per heavy atom. The molecule has 2 nitrogen and oxygen atoms in total. The molecule has 2 rings (SSSR count). The lowest BCUT2D eigenvalue weighted by atomic mass is 9.84. The normalized spacial score (nSPS) is 36.9. The first-order chi connectivity index (χ1) is 7.49. The van der Waals surface area contributed by atoms with Gasteiger partial charge in [-0.3, -0.25) is 0 Å². The summed E-state index contributed by atoms with van der Waals surface area (Å²) >= 11 is 0. The maximum Gasteiger partial charge on any atom is 0.0105 e. The van der Waals surface area contributed by atoms with E-state index in [4.69, 9.17) is 5.73 Å². The summed E-state index contributed by atoms with van der Waals surface area (Å²) in [5.74, 6) is 0.824. The zero-order valence-electron chi connectivity index (χ0n) is 11.2. The molecule has 2 fully saturated rings. The number of nitrogens with one attached hydrogen (secondary N) is 1. The molecule has 2 aliphatic carbocycles. The molecule has 0 aliphatic heterocycles. The lowest BCUT2D eigenvalue weighted by Gasteiger charge is -2.31. The largest absolute Gasteiger partial charge is 0.327 e. The molecule has 3 N–H and O–H groups in total. The van der Waals surface area contributed by atoms with Crippen LogP contribution in [0.3, 0.4) is 0 Å². The van der Waals surface area contributed by atoms with Crippen LogP contribution < -0.4 is 11.1 Å². The Morgan fingerprint density at radius 2 is 1.94 bits per heavy atom. The predicted octanol–water partition coefficient (Wildman–Crippen LogP) is 2.53. The summed E-state index contributed by atoms with van der Waals surface area (Å²) in [5, 5.41) is 3.70. The molecule has 2 saturated carbocycles. The molecule has 0 bridgehead atoms. The fraction of sp³-hybridized carbons (Fsp3) is 1.00. The Morgan fingerprint density at radius 3 is 2.38 bits per heavy atom. The van der Waals surface area contributed by atoms with Crippen LogP contribution in [0.4, 0.5) is 0 Å². The van der Waals surface area contributed by atoms with Gasteiger partial charge in [-0.15, -0.1) is 0 Å². The summed E-state index contributed by atoms with van der Waals surface area (Å²) in [6.07, 6.45) is 6.67. The van der Waals surface area contributed by atoms with Crippen molar-refractivity contribution in [1.29, 1.82) is 0 Å². The van der Waals surface area contributed by atoms with Gasteiger partial charge in [-0.25, -0.2) is 0 Å². The second-order valence-corrected chi connectivity index (χ2v) is 6.77. The molecular formula is C14H28N2. The third-order valence-electron chi connectivity index (χ3n) is 5.28. The molecular weight excluding hydrogens is 196 g/mol. The van der Waals surface area contributed by atoms with E-state index in [2.05, 4.69) is 26.1 Å². The number of rotatable bonds is 5. The van der Waals surface area contributed by atoms with E-state index in [1.807, 2.05) is 0 Å². The Hall–Kier alpha value is -0.0800. The first-order valence-corrected chi connectivity index (χ1v) is 6.95. The van der Waals surface area contributed by atoms with Crippen LogP contribution in [0, 0.1) is 16.7 Å². The molecule has 0 saturated heterocycles. The molecule has 0 aromatic rings. The predicted molar refractivity (Wildman–Crippen MR) is 69.3 cm³/mol. The van der Waals surface area contributed by atoms with Crippen LogP contribution in [0.25, 0.3) is 0 Å². The van der Waals surface area contributed by atoms with Gasteiger partial charge in [-0.2, -0.15) is 0 Å². The molecule has 2 unspecified atom stereocenters. The molecule has 2 aliphatic rings. The summed E-state index contributed by atoms with van der Waals surface area (Å²) in [6.45, 7) is 9.39. The van der Waals surface area contributed by atoms with E-state index in [1.54, 1.807) is 0 Å². The van der Waals surface area contributed by atoms with Gasteiger partial charge in [0.15, 0.2) is 0 Å². The average molecular weight is 224 g/mol. The quantitative estimate of drug-likeness (QED) is 0.753. The minimum atomic E-state index is 0.354. The highest BCUT2D eigenvalue weighted by molar-refractivity contribution is 4.99. The third-order valence-corrected chi connectivity index (χ3v) is 5.28. The Kier molecular flexibility index (Phi) is 3.33. The van der Waals surface area contributed by atoms with Crippen molar-refractivity contribution in [3.8, 4) is 0 Å². The standard InChI is InChI=1S/C14H28N2/c1-11(2)14(7-8-14)10-16-9-13(3)6-4-5-12(13)15/h11-12,16H,4-10,15H2,1-3H3. The van der Waals surface area contributed by atoms with Gasteiger partial charge in [0, 0.05) is 19.1 Å². The van der Waals surface area contributed by atoms with Gasteiger partial charge in [-0.1, -0.05) is 27.2 Å². The van der Waals surface area contributed by atoms with E-state index < -0.39 is 0 Å². The summed E-state index contributed by atoms with van der Waals surface area (Å²) < 4.78 is 0. The average Bonchev–Trinajstić information content (AvgIpc) is 2.92. The lowest BCUT2D eigenvalue weighted by molar-refractivity contribution is 0.253. The van der Waals surface area contributed by atoms with E-state index >= 15 is 0 Å². The van der Waals surface area contributed by atoms with Crippen molar-refractivity contribution < 1.29 is 0 Å². The van der Waals surface area contributed by atoms with Crippen LogP contribution in [-0.2, 0) is 0 Å². The minimum Gasteiger partial charge on any atom is -0.327 e. The zero-order valence-corrected chi connectivity index (χ0v) is 11.2. The second-order valence-electron chi connectivity index (χ2n) is 6.77. The van der Waals surface area contributed by atoms with E-state index in [0.29, 0.717) is 16.9 Å². The van der Waals surface area contributed by atoms with E-state index in [9.17, 15) is 0 Å². The van der Waals surface area contributed by atoms with Gasteiger partial charge in [-0.05, 0) is 42.4 Å². The summed E-state index contributed by atoms with van der Waals surface area (Å²) in [6, 6.07) is 0.411. The molecule has 94 valence electrons. The van der Waals surface area contributed by atoms with Gasteiger partial charge in [0.1, 0.15) is 0 Å². The third kappa shape index (κ3) is 2.28. The SMILES string of the molecule is CC(C)C1(CNCC2(C)CCCC2N)CC1. The van der Waals surface area contributed by atoms with Crippen molar-refractivity contribution in [2.75, 3.05) is 13.1 Å². The number of hydrogen-bond donors (Lipinski definition) is 2. The van der Waals surface area contributed by atoms with Gasteiger partial charge in [0.05, 0.1) is 0 Å². The molecule has 0 heterocycles. The zero-order chi connectivity index (χ0) is 11.8. The van der Waals surface area contributed by atoms with E-state index in [0.717, 1.165) is 12.5 Å². The Balaban J connectivity index is 1.76. The Labute approximate surface area is 100 Å². The molecule has 2 atom stereocenters. The van der Waals surface area contributed by atoms with Crippen molar-refractivity contribution in [1.82, 2.24) is 5.32 Å². The topological polar surface area (TPSA) is 38.0 Å². The van der Waals surface area contributed by atoms with E-state index in [-0.39, 0.29) is 0 Å². The van der Waals surface area contributed by atoms with Crippen LogP contribution >= 0.6 is 0 Å². The highest BCUT2D eigenvalue weighted by Gasteiger charge is 2.45. The second kappa shape index (κ2) is 4.30. The maximum absolute atomic E-state index is 6.20. The molecule has 0 radical (unpaired) electrons. The monoisotopic (exact) mass is 224 g/mol. The van der Waals surface area contributed by atoms with Crippen molar-refractivity contribution in [2.24, 2.45) is 22.5 Å². The van der Waals surface area contributed by atoms with Crippen LogP contribution in [0.5, 0.6) is 0 Å². The molecule has 0 aromatic heterocycles. The Bertz CT molecular complexity index is 245. The summed E-state index contributed by atoms with van der Waals surface area (Å²) in [5.41, 5.74) is 7.18.